The van der Waals surface area contributed by atoms with Crippen LogP contribution in [0.5, 0.6) is 0 Å². The average molecular weight is 302 g/mol. The lowest BCUT2D eigenvalue weighted by molar-refractivity contribution is -0.139. The molecule has 20 heavy (non-hydrogen) atoms. The Morgan fingerprint density at radius 1 is 1.30 bits per heavy atom. The summed E-state index contributed by atoms with van der Waals surface area (Å²) in [5.74, 6) is 0.676. The van der Waals surface area contributed by atoms with Crippen LogP contribution in [0.15, 0.2) is 0 Å². The van der Waals surface area contributed by atoms with Gasteiger partial charge in [0.2, 0.25) is 5.91 Å². The Bertz CT molecular complexity index is 467. The zero-order valence-corrected chi connectivity index (χ0v) is 13.5. The number of hydrogen-bond donors (Lipinski definition) is 1. The van der Waals surface area contributed by atoms with Crippen LogP contribution in [-0.4, -0.2) is 55.4 Å². The molecular weight excluding hydrogens is 276 g/mol. The van der Waals surface area contributed by atoms with Gasteiger partial charge in [-0.05, 0) is 52.6 Å². The summed E-state index contributed by atoms with van der Waals surface area (Å²) in [7, 11) is -3.17. The van der Waals surface area contributed by atoms with E-state index in [2.05, 4.69) is 5.32 Å². The number of piperidine rings is 2. The average Bonchev–Trinajstić information content (AvgIpc) is 2.36. The maximum Gasteiger partial charge on any atom is 0.222 e. The van der Waals surface area contributed by atoms with E-state index in [0.717, 1.165) is 25.9 Å². The van der Waals surface area contributed by atoms with E-state index >= 15 is 0 Å². The molecule has 2 atom stereocenters. The van der Waals surface area contributed by atoms with E-state index < -0.39 is 14.6 Å². The van der Waals surface area contributed by atoms with E-state index in [9.17, 15) is 13.2 Å². The number of nitrogens with zero attached hydrogens (tertiary/aromatic N) is 1. The van der Waals surface area contributed by atoms with Gasteiger partial charge in [-0.2, -0.15) is 0 Å². The number of hydrogen-bond acceptors (Lipinski definition) is 4. The summed E-state index contributed by atoms with van der Waals surface area (Å²) >= 11 is 0. The molecular formula is C14H26N2O3S. The van der Waals surface area contributed by atoms with Gasteiger partial charge in [0.15, 0.2) is 9.84 Å². The number of amides is 1. The molecule has 5 nitrogen and oxygen atoms in total. The van der Waals surface area contributed by atoms with Crippen LogP contribution < -0.4 is 5.32 Å². The summed E-state index contributed by atoms with van der Waals surface area (Å²) in [4.78, 5) is 14.0. The topological polar surface area (TPSA) is 66.5 Å². The maximum atomic E-state index is 12.2. The van der Waals surface area contributed by atoms with Crippen molar-refractivity contribution in [2.24, 2.45) is 5.92 Å². The normalized spacial score (nSPS) is 28.4. The zero-order valence-electron chi connectivity index (χ0n) is 12.7. The Balaban J connectivity index is 2.05. The molecule has 0 aromatic carbocycles. The number of rotatable bonds is 3. The molecule has 2 heterocycles. The van der Waals surface area contributed by atoms with Crippen LogP contribution >= 0.6 is 0 Å². The molecule has 0 radical (unpaired) electrons. The van der Waals surface area contributed by atoms with Crippen molar-refractivity contribution in [1.29, 1.82) is 0 Å². The Labute approximate surface area is 122 Å². The Kier molecular flexibility index (Phi) is 4.44. The van der Waals surface area contributed by atoms with Crippen LogP contribution in [-0.2, 0) is 14.6 Å². The van der Waals surface area contributed by atoms with Gasteiger partial charge < -0.3 is 10.2 Å². The molecule has 116 valence electrons. The van der Waals surface area contributed by atoms with E-state index in [-0.39, 0.29) is 17.7 Å². The van der Waals surface area contributed by atoms with Gasteiger partial charge in [0.1, 0.15) is 0 Å². The van der Waals surface area contributed by atoms with Crippen molar-refractivity contribution < 1.29 is 13.2 Å². The van der Waals surface area contributed by atoms with Gasteiger partial charge >= 0.3 is 0 Å². The molecule has 1 N–H and O–H groups in total. The molecule has 2 aliphatic heterocycles. The number of sulfone groups is 1. The monoisotopic (exact) mass is 302 g/mol. The third-order valence-electron chi connectivity index (χ3n) is 4.55. The van der Waals surface area contributed by atoms with E-state index in [1.165, 1.54) is 0 Å². The Morgan fingerprint density at radius 2 is 2.00 bits per heavy atom. The highest BCUT2D eigenvalue weighted by atomic mass is 32.2. The van der Waals surface area contributed by atoms with Gasteiger partial charge in [0, 0.05) is 19.0 Å². The van der Waals surface area contributed by atoms with Gasteiger partial charge in [-0.1, -0.05) is 0 Å². The molecule has 6 heteroatoms. The van der Waals surface area contributed by atoms with Crippen molar-refractivity contribution in [3.8, 4) is 0 Å². The lowest BCUT2D eigenvalue weighted by Crippen LogP contribution is -2.56. The summed E-state index contributed by atoms with van der Waals surface area (Å²) in [6.07, 6.45) is 2.42. The number of likely N-dealkylation sites (tertiary alicyclic amines) is 1. The van der Waals surface area contributed by atoms with Crippen molar-refractivity contribution in [1.82, 2.24) is 10.2 Å². The van der Waals surface area contributed by atoms with Gasteiger partial charge in [0.25, 0.3) is 0 Å². The predicted molar refractivity (Wildman–Crippen MR) is 79.3 cm³/mol. The molecule has 0 spiro atoms. The molecule has 0 aliphatic carbocycles. The van der Waals surface area contributed by atoms with Crippen LogP contribution in [0.25, 0.3) is 0 Å². The predicted octanol–water partition coefficient (Wildman–Crippen LogP) is 0.800. The molecule has 2 aliphatic rings. The minimum absolute atomic E-state index is 0.0683. The SMILES string of the molecule is CC(C)(C)S(=O)(=O)CCN1C(=O)CCC2CNCCC21. The molecule has 2 fully saturated rings. The number of nitrogens with one attached hydrogen (secondary N) is 1. The third-order valence-corrected chi connectivity index (χ3v) is 7.14. The molecule has 0 aromatic rings. The molecule has 0 aromatic heterocycles. The second-order valence-corrected chi connectivity index (χ2v) is 9.74. The fourth-order valence-electron chi connectivity index (χ4n) is 3.07. The van der Waals surface area contributed by atoms with Gasteiger partial charge in [0.05, 0.1) is 10.5 Å². The van der Waals surface area contributed by atoms with Crippen molar-refractivity contribution in [2.45, 2.75) is 50.8 Å². The van der Waals surface area contributed by atoms with Crippen molar-refractivity contribution in [2.75, 3.05) is 25.4 Å². The van der Waals surface area contributed by atoms with Crippen molar-refractivity contribution in [3.63, 3.8) is 0 Å². The quantitative estimate of drug-likeness (QED) is 0.837. The Hall–Kier alpha value is -0.620. The summed E-state index contributed by atoms with van der Waals surface area (Å²) < 4.78 is 23.7. The standard InChI is InChI=1S/C14H26N2O3S/c1-14(2,3)20(18,19)9-8-16-12-6-7-15-10-11(12)4-5-13(16)17/h11-12,15H,4-10H2,1-3H3. The first-order chi connectivity index (χ1) is 9.22. The van der Waals surface area contributed by atoms with Crippen LogP contribution in [0.2, 0.25) is 0 Å². The molecule has 0 saturated carbocycles. The minimum Gasteiger partial charge on any atom is -0.338 e. The van der Waals surface area contributed by atoms with Gasteiger partial charge in [-0.15, -0.1) is 0 Å². The molecule has 2 unspecified atom stereocenters. The molecule has 0 bridgehead atoms. The largest absolute Gasteiger partial charge is 0.338 e. The first-order valence-corrected chi connectivity index (χ1v) is 9.10. The first-order valence-electron chi connectivity index (χ1n) is 7.45. The summed E-state index contributed by atoms with van der Waals surface area (Å²) in [6.45, 7) is 7.35. The van der Waals surface area contributed by atoms with E-state index in [4.69, 9.17) is 0 Å². The van der Waals surface area contributed by atoms with Gasteiger partial charge in [-0.25, -0.2) is 8.42 Å². The summed E-state index contributed by atoms with van der Waals surface area (Å²) in [6, 6.07) is 0.229. The second-order valence-electron chi connectivity index (χ2n) is 6.88. The van der Waals surface area contributed by atoms with E-state index in [0.29, 0.717) is 18.9 Å². The smallest absolute Gasteiger partial charge is 0.222 e. The zero-order chi connectivity index (χ0) is 15.0. The van der Waals surface area contributed by atoms with Crippen LogP contribution in [0.4, 0.5) is 0 Å². The van der Waals surface area contributed by atoms with Crippen LogP contribution in [0.1, 0.15) is 40.0 Å². The molecule has 2 rings (SSSR count). The van der Waals surface area contributed by atoms with Crippen LogP contribution in [0.3, 0.4) is 0 Å². The lowest BCUT2D eigenvalue weighted by atomic mass is 9.84. The van der Waals surface area contributed by atoms with Gasteiger partial charge in [-0.3, -0.25) is 4.79 Å². The van der Waals surface area contributed by atoms with Crippen LogP contribution in [0, 0.1) is 5.92 Å². The maximum absolute atomic E-state index is 12.2. The highest BCUT2D eigenvalue weighted by molar-refractivity contribution is 7.92. The molecule has 1 amide bonds. The van der Waals surface area contributed by atoms with Crippen molar-refractivity contribution in [3.05, 3.63) is 0 Å². The minimum atomic E-state index is -3.17. The van der Waals surface area contributed by atoms with E-state index in [1.54, 1.807) is 20.8 Å². The second kappa shape index (κ2) is 5.64. The number of fused-ring (bicyclic) bond motifs is 1. The first kappa shape index (κ1) is 15.8. The fraction of sp³-hybridized carbons (Fsp3) is 0.929. The summed E-state index contributed by atoms with van der Waals surface area (Å²) in [5.41, 5.74) is 0. The fourth-order valence-corrected chi connectivity index (χ4v) is 4.12. The van der Waals surface area contributed by atoms with E-state index in [1.807, 2.05) is 4.90 Å². The summed E-state index contributed by atoms with van der Waals surface area (Å²) in [5, 5.41) is 3.36. The number of carbonyl (C=O) groups is 1. The number of carbonyl (C=O) groups excluding carboxylic acids is 1. The highest BCUT2D eigenvalue weighted by Gasteiger charge is 2.38. The lowest BCUT2D eigenvalue weighted by Gasteiger charge is -2.44. The van der Waals surface area contributed by atoms with Crippen molar-refractivity contribution >= 4 is 15.7 Å². The Morgan fingerprint density at radius 3 is 2.65 bits per heavy atom. The molecule has 2 saturated heterocycles. The third kappa shape index (κ3) is 3.17. The highest BCUT2D eigenvalue weighted by Crippen LogP contribution is 2.29.